The summed E-state index contributed by atoms with van der Waals surface area (Å²) in [4.78, 5) is 4.51. The average Bonchev–Trinajstić information content (AvgIpc) is 2.67. The number of rotatable bonds is 3. The number of nitrogens with zero attached hydrogens (tertiary/aromatic N) is 2. The molecule has 6 heteroatoms. The van der Waals surface area contributed by atoms with Crippen LogP contribution in [0.2, 0.25) is 0 Å². The van der Waals surface area contributed by atoms with Crippen LogP contribution in [-0.4, -0.2) is 20.3 Å². The Bertz CT molecular complexity index is 501. The van der Waals surface area contributed by atoms with Crippen molar-refractivity contribution in [3.05, 3.63) is 35.4 Å². The van der Waals surface area contributed by atoms with E-state index in [0.29, 0.717) is 21.4 Å². The number of aliphatic hydroxyl groups is 1. The predicted molar refractivity (Wildman–Crippen MR) is 57.6 cm³/mol. The Morgan fingerprint density at radius 3 is 2.88 bits per heavy atom. The zero-order valence-corrected chi connectivity index (χ0v) is 9.38. The highest BCUT2D eigenvalue weighted by Gasteiger charge is 2.08. The van der Waals surface area contributed by atoms with Crippen molar-refractivity contribution in [3.63, 3.8) is 0 Å². The number of halogens is 1. The van der Waals surface area contributed by atoms with Gasteiger partial charge >= 0.3 is 0 Å². The van der Waals surface area contributed by atoms with Crippen LogP contribution in [0.1, 0.15) is 11.4 Å². The van der Waals surface area contributed by atoms with Crippen LogP contribution in [0.15, 0.2) is 28.3 Å². The first-order valence-electron chi connectivity index (χ1n) is 4.65. The molecule has 84 valence electrons. The fourth-order valence-corrected chi connectivity index (χ4v) is 1.95. The molecule has 1 heterocycles. The van der Waals surface area contributed by atoms with Gasteiger partial charge in [0, 0.05) is 0 Å². The Morgan fingerprint density at radius 2 is 2.31 bits per heavy atom. The molecule has 2 rings (SSSR count). The van der Waals surface area contributed by atoms with Crippen molar-refractivity contribution in [2.24, 2.45) is 0 Å². The zero-order chi connectivity index (χ0) is 11.5. The van der Waals surface area contributed by atoms with Gasteiger partial charge in [-0.3, -0.25) is 5.10 Å². The van der Waals surface area contributed by atoms with E-state index in [1.807, 2.05) is 0 Å². The van der Waals surface area contributed by atoms with E-state index in [1.54, 1.807) is 19.1 Å². The van der Waals surface area contributed by atoms with Crippen LogP contribution in [0.3, 0.4) is 0 Å². The maximum Gasteiger partial charge on any atom is 0.213 e. The molecule has 0 aliphatic heterocycles. The Hall–Kier alpha value is -1.40. The number of aryl methyl sites for hydroxylation is 1. The van der Waals surface area contributed by atoms with Crippen molar-refractivity contribution in [2.45, 2.75) is 23.6 Å². The number of aromatic amines is 1. The van der Waals surface area contributed by atoms with Crippen molar-refractivity contribution in [3.8, 4) is 0 Å². The average molecular weight is 239 g/mol. The molecule has 2 aromatic rings. The maximum absolute atomic E-state index is 13.5. The van der Waals surface area contributed by atoms with E-state index in [0.717, 1.165) is 11.8 Å². The molecule has 2 N–H and O–H groups in total. The quantitative estimate of drug-likeness (QED) is 0.858. The number of aromatic nitrogens is 3. The summed E-state index contributed by atoms with van der Waals surface area (Å²) in [6, 6.07) is 4.59. The lowest BCUT2D eigenvalue weighted by Gasteiger charge is -2.01. The summed E-state index contributed by atoms with van der Waals surface area (Å²) in [7, 11) is 0. The molecule has 0 bridgehead atoms. The predicted octanol–water partition coefficient (Wildman–Crippen LogP) is 1.90. The van der Waals surface area contributed by atoms with Gasteiger partial charge in [-0.15, -0.1) is 5.10 Å². The van der Waals surface area contributed by atoms with Crippen LogP contribution in [0.4, 0.5) is 4.39 Å². The van der Waals surface area contributed by atoms with E-state index < -0.39 is 0 Å². The summed E-state index contributed by atoms with van der Waals surface area (Å²) >= 11 is 1.14. The number of benzene rings is 1. The van der Waals surface area contributed by atoms with Gasteiger partial charge in [-0.05, 0) is 36.4 Å². The van der Waals surface area contributed by atoms with E-state index >= 15 is 0 Å². The Balaban J connectivity index is 2.21. The largest absolute Gasteiger partial charge is 0.392 e. The molecule has 0 unspecified atom stereocenters. The molecule has 16 heavy (non-hydrogen) atoms. The maximum atomic E-state index is 13.5. The van der Waals surface area contributed by atoms with Crippen molar-refractivity contribution >= 4 is 11.8 Å². The minimum absolute atomic E-state index is 0.165. The second-order valence-electron chi connectivity index (χ2n) is 3.23. The number of H-pyrrole nitrogens is 1. The highest BCUT2D eigenvalue weighted by atomic mass is 32.2. The van der Waals surface area contributed by atoms with Gasteiger partial charge < -0.3 is 5.11 Å². The molecule has 0 aliphatic carbocycles. The third-order valence-corrected chi connectivity index (χ3v) is 2.87. The van der Waals surface area contributed by atoms with E-state index in [4.69, 9.17) is 5.11 Å². The van der Waals surface area contributed by atoms with Gasteiger partial charge in [-0.2, -0.15) is 0 Å². The minimum atomic E-state index is -0.376. The van der Waals surface area contributed by atoms with Gasteiger partial charge in [0.15, 0.2) is 0 Å². The summed E-state index contributed by atoms with van der Waals surface area (Å²) in [6.45, 7) is 1.61. The van der Waals surface area contributed by atoms with E-state index in [-0.39, 0.29) is 12.4 Å². The van der Waals surface area contributed by atoms with Gasteiger partial charge in [0.05, 0.1) is 11.5 Å². The lowest BCUT2D eigenvalue weighted by atomic mass is 10.2. The summed E-state index contributed by atoms with van der Waals surface area (Å²) in [5, 5.41) is 15.9. The van der Waals surface area contributed by atoms with E-state index in [1.165, 1.54) is 6.07 Å². The molecule has 0 radical (unpaired) electrons. The zero-order valence-electron chi connectivity index (χ0n) is 8.57. The molecular formula is C10H10FN3OS. The first-order chi connectivity index (χ1) is 7.69. The Labute approximate surface area is 95.9 Å². The van der Waals surface area contributed by atoms with E-state index in [2.05, 4.69) is 15.2 Å². The van der Waals surface area contributed by atoms with Gasteiger partial charge in [-0.25, -0.2) is 9.37 Å². The summed E-state index contributed by atoms with van der Waals surface area (Å²) < 4.78 is 13.5. The van der Waals surface area contributed by atoms with E-state index in [9.17, 15) is 4.39 Å². The smallest absolute Gasteiger partial charge is 0.213 e. The van der Waals surface area contributed by atoms with Crippen molar-refractivity contribution in [1.82, 2.24) is 15.2 Å². The first-order valence-corrected chi connectivity index (χ1v) is 5.47. The van der Waals surface area contributed by atoms with Gasteiger partial charge in [-0.1, -0.05) is 6.07 Å². The highest BCUT2D eigenvalue weighted by molar-refractivity contribution is 7.99. The van der Waals surface area contributed by atoms with Gasteiger partial charge in [0.2, 0.25) is 5.16 Å². The van der Waals surface area contributed by atoms with Gasteiger partial charge in [0.25, 0.3) is 0 Å². The fourth-order valence-electron chi connectivity index (χ4n) is 1.19. The van der Waals surface area contributed by atoms with Gasteiger partial charge in [0.1, 0.15) is 11.6 Å². The minimum Gasteiger partial charge on any atom is -0.392 e. The van der Waals surface area contributed by atoms with Crippen molar-refractivity contribution in [1.29, 1.82) is 0 Å². The second kappa shape index (κ2) is 4.63. The van der Waals surface area contributed by atoms with Crippen molar-refractivity contribution in [2.75, 3.05) is 0 Å². The van der Waals surface area contributed by atoms with Crippen LogP contribution < -0.4 is 0 Å². The third-order valence-electron chi connectivity index (χ3n) is 1.96. The molecular weight excluding hydrogens is 229 g/mol. The van der Waals surface area contributed by atoms with Crippen LogP contribution in [-0.2, 0) is 6.61 Å². The molecule has 1 aromatic heterocycles. The third kappa shape index (κ3) is 2.40. The topological polar surface area (TPSA) is 61.8 Å². The molecule has 4 nitrogen and oxygen atoms in total. The molecule has 0 atom stereocenters. The van der Waals surface area contributed by atoms with Crippen LogP contribution >= 0.6 is 11.8 Å². The monoisotopic (exact) mass is 239 g/mol. The summed E-state index contributed by atoms with van der Waals surface area (Å²) in [5.74, 6) is 0.314. The fraction of sp³-hybridized carbons (Fsp3) is 0.200. The van der Waals surface area contributed by atoms with Crippen molar-refractivity contribution < 1.29 is 9.50 Å². The molecule has 0 amide bonds. The normalized spacial score (nSPS) is 10.7. The first kappa shape index (κ1) is 11.1. The summed E-state index contributed by atoms with van der Waals surface area (Å²) in [5.41, 5.74) is 0.549. The molecule has 0 fully saturated rings. The standard InChI is InChI=1S/C10H10FN3OS/c1-6-12-10(14-13-6)16-9-3-2-7(5-15)4-8(9)11/h2-4,15H,5H2,1H3,(H,12,13,14). The summed E-state index contributed by atoms with van der Waals surface area (Å²) in [6.07, 6.45) is 0. The highest BCUT2D eigenvalue weighted by Crippen LogP contribution is 2.27. The lowest BCUT2D eigenvalue weighted by Crippen LogP contribution is -1.88. The second-order valence-corrected chi connectivity index (χ2v) is 4.24. The molecule has 0 saturated carbocycles. The number of aliphatic hydroxyl groups excluding tert-OH is 1. The number of hydrogen-bond acceptors (Lipinski definition) is 4. The molecule has 0 aliphatic rings. The SMILES string of the molecule is Cc1nc(Sc2ccc(CO)cc2F)n[nH]1. The molecule has 0 saturated heterocycles. The Kier molecular flexibility index (Phi) is 3.21. The molecule has 1 aromatic carbocycles. The van der Waals surface area contributed by atoms with Crippen LogP contribution in [0.25, 0.3) is 0 Å². The number of hydrogen-bond donors (Lipinski definition) is 2. The van der Waals surface area contributed by atoms with Crippen LogP contribution in [0.5, 0.6) is 0 Å². The Morgan fingerprint density at radius 1 is 1.50 bits per heavy atom. The van der Waals surface area contributed by atoms with Crippen LogP contribution in [0, 0.1) is 12.7 Å². The lowest BCUT2D eigenvalue weighted by molar-refractivity contribution is 0.281. The number of nitrogens with one attached hydrogen (secondary N) is 1. The molecule has 0 spiro atoms.